The molecule has 1 N–H and O–H groups in total. The van der Waals surface area contributed by atoms with Gasteiger partial charge in [-0.3, -0.25) is 0 Å². The van der Waals surface area contributed by atoms with E-state index < -0.39 is 0 Å². The fourth-order valence-corrected chi connectivity index (χ4v) is 1.84. The second kappa shape index (κ2) is 6.43. The zero-order valence-corrected chi connectivity index (χ0v) is 11.3. The molecule has 0 bridgehead atoms. The van der Waals surface area contributed by atoms with Crippen LogP contribution in [0.15, 0.2) is 30.6 Å². The first kappa shape index (κ1) is 13.7. The molecule has 102 valence electrons. The topological polar surface area (TPSA) is 42.7 Å². The van der Waals surface area contributed by atoms with E-state index in [4.69, 9.17) is 0 Å². The number of halogens is 1. The van der Waals surface area contributed by atoms with E-state index in [2.05, 4.69) is 29.2 Å². The largest absolute Gasteiger partial charge is 0.306 e. The molecule has 0 saturated heterocycles. The Labute approximate surface area is 112 Å². The Morgan fingerprint density at radius 1 is 1.21 bits per heavy atom. The van der Waals surface area contributed by atoms with Crippen LogP contribution in [0.1, 0.15) is 25.2 Å². The first-order valence-electron chi connectivity index (χ1n) is 6.47. The van der Waals surface area contributed by atoms with Crippen molar-refractivity contribution in [2.45, 2.75) is 33.5 Å². The normalized spacial score (nSPS) is 11.2. The molecule has 0 amide bonds. The van der Waals surface area contributed by atoms with E-state index in [1.165, 1.54) is 12.1 Å². The Hall–Kier alpha value is -1.75. The maximum absolute atomic E-state index is 12.8. The lowest BCUT2D eigenvalue weighted by molar-refractivity contribution is 0.457. The monoisotopic (exact) mass is 262 g/mol. The zero-order chi connectivity index (χ0) is 13.7. The van der Waals surface area contributed by atoms with Crippen LogP contribution in [-0.4, -0.2) is 14.8 Å². The summed E-state index contributed by atoms with van der Waals surface area (Å²) in [5.41, 5.74) is 1.05. The number of benzene rings is 1. The molecule has 1 aromatic heterocycles. The summed E-state index contributed by atoms with van der Waals surface area (Å²) in [5.74, 6) is 1.26. The van der Waals surface area contributed by atoms with Crippen LogP contribution in [-0.2, 0) is 19.6 Å². The van der Waals surface area contributed by atoms with Gasteiger partial charge in [-0.2, -0.15) is 5.10 Å². The Kier molecular flexibility index (Phi) is 4.63. The van der Waals surface area contributed by atoms with E-state index in [0.717, 1.165) is 17.9 Å². The number of nitrogens with one attached hydrogen (secondary N) is 1. The third kappa shape index (κ3) is 4.13. The number of nitrogens with zero attached hydrogens (tertiary/aromatic N) is 3. The highest BCUT2D eigenvalue weighted by atomic mass is 19.1. The third-order valence-corrected chi connectivity index (χ3v) is 2.76. The van der Waals surface area contributed by atoms with E-state index in [1.807, 2.05) is 4.68 Å². The van der Waals surface area contributed by atoms with Gasteiger partial charge in [0.1, 0.15) is 18.0 Å². The van der Waals surface area contributed by atoms with Crippen LogP contribution >= 0.6 is 0 Å². The summed E-state index contributed by atoms with van der Waals surface area (Å²) in [6.07, 6.45) is 1.58. The quantitative estimate of drug-likeness (QED) is 0.869. The fourth-order valence-electron chi connectivity index (χ4n) is 1.84. The number of aromatic nitrogens is 3. The van der Waals surface area contributed by atoms with Crippen molar-refractivity contribution in [3.05, 3.63) is 47.8 Å². The summed E-state index contributed by atoms with van der Waals surface area (Å²) < 4.78 is 14.7. The molecule has 0 atom stereocenters. The molecule has 0 spiro atoms. The number of hydrogen-bond acceptors (Lipinski definition) is 3. The van der Waals surface area contributed by atoms with Crippen LogP contribution in [0.4, 0.5) is 4.39 Å². The molecule has 1 heterocycles. The van der Waals surface area contributed by atoms with Crippen molar-refractivity contribution in [2.75, 3.05) is 0 Å². The van der Waals surface area contributed by atoms with Gasteiger partial charge in [-0.1, -0.05) is 26.0 Å². The lowest BCUT2D eigenvalue weighted by atomic mass is 10.2. The molecule has 0 aliphatic heterocycles. The summed E-state index contributed by atoms with van der Waals surface area (Å²) in [4.78, 5) is 4.24. The minimum absolute atomic E-state index is 0.208. The number of rotatable bonds is 6. The summed E-state index contributed by atoms with van der Waals surface area (Å²) in [7, 11) is 0. The van der Waals surface area contributed by atoms with Gasteiger partial charge in [0, 0.05) is 13.1 Å². The van der Waals surface area contributed by atoms with Crippen LogP contribution in [0, 0.1) is 11.7 Å². The predicted octanol–water partition coefficient (Wildman–Crippen LogP) is 2.36. The molecule has 0 aliphatic carbocycles. The maximum atomic E-state index is 12.8. The average Bonchev–Trinajstić information content (AvgIpc) is 2.78. The summed E-state index contributed by atoms with van der Waals surface area (Å²) >= 11 is 0. The highest BCUT2D eigenvalue weighted by Crippen LogP contribution is 2.04. The molecule has 0 fully saturated rings. The molecule has 0 unspecified atom stereocenters. The van der Waals surface area contributed by atoms with Crippen molar-refractivity contribution in [3.63, 3.8) is 0 Å². The predicted molar refractivity (Wildman–Crippen MR) is 71.8 cm³/mol. The lowest BCUT2D eigenvalue weighted by Crippen LogP contribution is -2.18. The first-order chi connectivity index (χ1) is 9.15. The standard InChI is InChI=1S/C14H19FN4/c1-11(2)9-19-14(17-10-18-19)8-16-7-12-3-5-13(15)6-4-12/h3-6,10-11,16H,7-9H2,1-2H3. The van der Waals surface area contributed by atoms with Gasteiger partial charge in [-0.15, -0.1) is 0 Å². The van der Waals surface area contributed by atoms with Gasteiger partial charge in [-0.25, -0.2) is 14.1 Å². The second-order valence-electron chi connectivity index (χ2n) is 4.98. The summed E-state index contributed by atoms with van der Waals surface area (Å²) in [6, 6.07) is 6.50. The SMILES string of the molecule is CC(C)Cn1ncnc1CNCc1ccc(F)cc1. The van der Waals surface area contributed by atoms with Gasteiger partial charge in [0.05, 0.1) is 6.54 Å². The molecule has 2 aromatic rings. The van der Waals surface area contributed by atoms with Gasteiger partial charge in [0.15, 0.2) is 0 Å². The van der Waals surface area contributed by atoms with Crippen LogP contribution in [0.5, 0.6) is 0 Å². The molecule has 19 heavy (non-hydrogen) atoms. The lowest BCUT2D eigenvalue weighted by Gasteiger charge is -2.09. The van der Waals surface area contributed by atoms with Crippen LogP contribution < -0.4 is 5.32 Å². The van der Waals surface area contributed by atoms with Crippen molar-refractivity contribution in [1.82, 2.24) is 20.1 Å². The molecule has 1 aromatic carbocycles. The average molecular weight is 262 g/mol. The van der Waals surface area contributed by atoms with Crippen LogP contribution in [0.2, 0.25) is 0 Å². The molecule has 0 aliphatic rings. The van der Waals surface area contributed by atoms with E-state index >= 15 is 0 Å². The van der Waals surface area contributed by atoms with Crippen molar-refractivity contribution < 1.29 is 4.39 Å². The third-order valence-electron chi connectivity index (χ3n) is 2.76. The van der Waals surface area contributed by atoms with E-state index in [9.17, 15) is 4.39 Å². The first-order valence-corrected chi connectivity index (χ1v) is 6.47. The van der Waals surface area contributed by atoms with Gasteiger partial charge >= 0.3 is 0 Å². The minimum Gasteiger partial charge on any atom is -0.306 e. The van der Waals surface area contributed by atoms with Crippen molar-refractivity contribution in [1.29, 1.82) is 0 Å². The van der Waals surface area contributed by atoms with Crippen LogP contribution in [0.3, 0.4) is 0 Å². The van der Waals surface area contributed by atoms with E-state index in [1.54, 1.807) is 18.5 Å². The highest BCUT2D eigenvalue weighted by molar-refractivity contribution is 5.15. The minimum atomic E-state index is -0.208. The van der Waals surface area contributed by atoms with E-state index in [-0.39, 0.29) is 5.82 Å². The van der Waals surface area contributed by atoms with E-state index in [0.29, 0.717) is 19.0 Å². The van der Waals surface area contributed by atoms with Crippen LogP contribution in [0.25, 0.3) is 0 Å². The molecular formula is C14H19FN4. The Morgan fingerprint density at radius 2 is 1.95 bits per heavy atom. The van der Waals surface area contributed by atoms with Gasteiger partial charge in [0.2, 0.25) is 0 Å². The Bertz CT molecular complexity index is 504. The van der Waals surface area contributed by atoms with Crippen molar-refractivity contribution >= 4 is 0 Å². The van der Waals surface area contributed by atoms with Gasteiger partial charge in [0.25, 0.3) is 0 Å². The maximum Gasteiger partial charge on any atom is 0.140 e. The Balaban J connectivity index is 1.85. The Morgan fingerprint density at radius 3 is 2.63 bits per heavy atom. The summed E-state index contributed by atoms with van der Waals surface area (Å²) in [6.45, 7) is 6.52. The molecule has 5 heteroatoms. The fraction of sp³-hybridized carbons (Fsp3) is 0.429. The number of hydrogen-bond donors (Lipinski definition) is 1. The van der Waals surface area contributed by atoms with Gasteiger partial charge in [-0.05, 0) is 23.6 Å². The summed E-state index contributed by atoms with van der Waals surface area (Å²) in [5, 5.41) is 7.50. The molecule has 0 saturated carbocycles. The van der Waals surface area contributed by atoms with Crippen molar-refractivity contribution in [2.24, 2.45) is 5.92 Å². The van der Waals surface area contributed by atoms with Crippen molar-refractivity contribution in [3.8, 4) is 0 Å². The second-order valence-corrected chi connectivity index (χ2v) is 4.98. The molecular weight excluding hydrogens is 243 g/mol. The smallest absolute Gasteiger partial charge is 0.140 e. The molecule has 0 radical (unpaired) electrons. The zero-order valence-electron chi connectivity index (χ0n) is 11.3. The molecule has 2 rings (SSSR count). The molecule has 4 nitrogen and oxygen atoms in total. The highest BCUT2D eigenvalue weighted by Gasteiger charge is 2.05. The van der Waals surface area contributed by atoms with Gasteiger partial charge < -0.3 is 5.32 Å².